The summed E-state index contributed by atoms with van der Waals surface area (Å²) in [4.78, 5) is 24.9. The lowest BCUT2D eigenvalue weighted by molar-refractivity contribution is -0.142. The van der Waals surface area contributed by atoms with Gasteiger partial charge in [0.2, 0.25) is 0 Å². The van der Waals surface area contributed by atoms with E-state index in [-0.39, 0.29) is 11.8 Å². The first-order chi connectivity index (χ1) is 12.5. The monoisotopic (exact) mass is 363 g/mol. The first-order valence-corrected chi connectivity index (χ1v) is 9.26. The number of rotatable bonds is 10. The number of hydrogen-bond acceptors (Lipinski definition) is 5. The van der Waals surface area contributed by atoms with E-state index in [9.17, 15) is 9.59 Å². The highest BCUT2D eigenvalue weighted by Crippen LogP contribution is 2.42. The molecule has 0 radical (unpaired) electrons. The van der Waals surface area contributed by atoms with Gasteiger partial charge in [-0.15, -0.1) is 0 Å². The first kappa shape index (κ1) is 20.2. The lowest BCUT2D eigenvalue weighted by Gasteiger charge is -2.28. The zero-order valence-electron chi connectivity index (χ0n) is 16.1. The molecule has 0 aliphatic heterocycles. The number of anilines is 1. The molecular weight excluding hydrogens is 334 g/mol. The standard InChI is InChI=1S/C20H29NO5/c1-5-11-25-17-10-9-15(13-16(17)18(22)24-4)21-19(23)20(3,14-7-8-14)26-12-6-2/h9-10,13-14H,5-8,11-12H2,1-4H3,(H,21,23). The molecule has 1 aliphatic carbocycles. The molecule has 1 N–H and O–H groups in total. The average molecular weight is 363 g/mol. The number of benzene rings is 1. The lowest BCUT2D eigenvalue weighted by Crippen LogP contribution is -2.45. The van der Waals surface area contributed by atoms with Crippen molar-refractivity contribution in [2.45, 2.75) is 52.1 Å². The van der Waals surface area contributed by atoms with Crippen LogP contribution in [0.2, 0.25) is 0 Å². The number of nitrogens with one attached hydrogen (secondary N) is 1. The molecule has 6 heteroatoms. The molecule has 2 rings (SSSR count). The van der Waals surface area contributed by atoms with Crippen molar-refractivity contribution in [1.29, 1.82) is 0 Å². The number of amides is 1. The summed E-state index contributed by atoms with van der Waals surface area (Å²) in [6.07, 6.45) is 3.66. The largest absolute Gasteiger partial charge is 0.493 e. The van der Waals surface area contributed by atoms with Gasteiger partial charge in [-0.2, -0.15) is 0 Å². The van der Waals surface area contributed by atoms with Crippen molar-refractivity contribution in [3.63, 3.8) is 0 Å². The van der Waals surface area contributed by atoms with E-state index >= 15 is 0 Å². The van der Waals surface area contributed by atoms with E-state index < -0.39 is 11.6 Å². The summed E-state index contributed by atoms with van der Waals surface area (Å²) >= 11 is 0. The Labute approximate surface area is 155 Å². The van der Waals surface area contributed by atoms with Gasteiger partial charge >= 0.3 is 5.97 Å². The summed E-state index contributed by atoms with van der Waals surface area (Å²) in [5, 5.41) is 2.89. The molecule has 1 saturated carbocycles. The highest BCUT2D eigenvalue weighted by molar-refractivity contribution is 5.99. The van der Waals surface area contributed by atoms with Crippen LogP contribution < -0.4 is 10.1 Å². The molecule has 0 bridgehead atoms. The molecule has 0 aromatic heterocycles. The van der Waals surface area contributed by atoms with Gasteiger partial charge in [0, 0.05) is 12.3 Å². The number of hydrogen-bond donors (Lipinski definition) is 1. The second kappa shape index (κ2) is 9.03. The summed E-state index contributed by atoms with van der Waals surface area (Å²) in [6, 6.07) is 4.99. The van der Waals surface area contributed by atoms with Crippen LogP contribution in [0, 0.1) is 5.92 Å². The van der Waals surface area contributed by atoms with E-state index in [4.69, 9.17) is 14.2 Å². The second-order valence-corrected chi connectivity index (χ2v) is 6.73. The number of ether oxygens (including phenoxy) is 3. The maximum atomic E-state index is 12.8. The van der Waals surface area contributed by atoms with Crippen LogP contribution in [-0.2, 0) is 14.3 Å². The fourth-order valence-corrected chi connectivity index (χ4v) is 2.79. The number of carbonyl (C=O) groups is 2. The van der Waals surface area contributed by atoms with Gasteiger partial charge in [0.25, 0.3) is 5.91 Å². The molecule has 6 nitrogen and oxygen atoms in total. The van der Waals surface area contributed by atoms with Gasteiger partial charge in [0.05, 0.1) is 13.7 Å². The molecule has 0 spiro atoms. The van der Waals surface area contributed by atoms with Gasteiger partial charge in [0.15, 0.2) is 0 Å². The van der Waals surface area contributed by atoms with Crippen LogP contribution >= 0.6 is 0 Å². The van der Waals surface area contributed by atoms with Crippen molar-refractivity contribution < 1.29 is 23.8 Å². The van der Waals surface area contributed by atoms with Crippen LogP contribution in [0.3, 0.4) is 0 Å². The Morgan fingerprint density at radius 3 is 2.46 bits per heavy atom. The van der Waals surface area contributed by atoms with Crippen LogP contribution in [0.25, 0.3) is 0 Å². The Morgan fingerprint density at radius 2 is 1.88 bits per heavy atom. The molecule has 1 aromatic carbocycles. The van der Waals surface area contributed by atoms with E-state index in [1.54, 1.807) is 18.2 Å². The normalized spacial score (nSPS) is 15.8. The summed E-state index contributed by atoms with van der Waals surface area (Å²) in [5.74, 6) is -0.00365. The third-order valence-electron chi connectivity index (χ3n) is 4.52. The number of methoxy groups -OCH3 is 1. The maximum absolute atomic E-state index is 12.8. The van der Waals surface area contributed by atoms with Gasteiger partial charge in [0.1, 0.15) is 16.9 Å². The first-order valence-electron chi connectivity index (χ1n) is 9.26. The minimum absolute atomic E-state index is 0.188. The third kappa shape index (κ3) is 4.75. The fraction of sp³-hybridized carbons (Fsp3) is 0.600. The van der Waals surface area contributed by atoms with Gasteiger partial charge < -0.3 is 19.5 Å². The van der Waals surface area contributed by atoms with Crippen molar-refractivity contribution in [1.82, 2.24) is 0 Å². The Morgan fingerprint density at radius 1 is 1.19 bits per heavy atom. The van der Waals surface area contributed by atoms with Crippen LogP contribution in [0.4, 0.5) is 5.69 Å². The zero-order chi connectivity index (χ0) is 19.2. The maximum Gasteiger partial charge on any atom is 0.341 e. The number of carbonyl (C=O) groups excluding carboxylic acids is 2. The van der Waals surface area contributed by atoms with Gasteiger partial charge in [-0.1, -0.05) is 13.8 Å². The summed E-state index contributed by atoms with van der Waals surface area (Å²) in [7, 11) is 1.32. The zero-order valence-corrected chi connectivity index (χ0v) is 16.1. The molecule has 26 heavy (non-hydrogen) atoms. The highest BCUT2D eigenvalue weighted by Gasteiger charge is 2.48. The molecule has 1 fully saturated rings. The quantitative estimate of drug-likeness (QED) is 0.640. The van der Waals surface area contributed by atoms with Crippen molar-refractivity contribution in [2.75, 3.05) is 25.6 Å². The van der Waals surface area contributed by atoms with Crippen molar-refractivity contribution in [3.05, 3.63) is 23.8 Å². The topological polar surface area (TPSA) is 73.9 Å². The molecule has 0 heterocycles. The second-order valence-electron chi connectivity index (χ2n) is 6.73. The summed E-state index contributed by atoms with van der Waals surface area (Å²) in [5.41, 5.74) is -0.0358. The predicted octanol–water partition coefficient (Wildman–Crippen LogP) is 3.80. The van der Waals surface area contributed by atoms with Crippen LogP contribution in [0.1, 0.15) is 56.8 Å². The van der Waals surface area contributed by atoms with Crippen molar-refractivity contribution in [2.24, 2.45) is 5.92 Å². The minimum atomic E-state index is -0.848. The molecule has 1 aliphatic rings. The molecular formula is C20H29NO5. The molecule has 1 amide bonds. The Hall–Kier alpha value is -2.08. The van der Waals surface area contributed by atoms with E-state index in [0.29, 0.717) is 30.2 Å². The van der Waals surface area contributed by atoms with E-state index in [1.165, 1.54) is 7.11 Å². The average Bonchev–Trinajstić information content (AvgIpc) is 3.49. The Balaban J connectivity index is 2.19. The molecule has 1 atom stereocenters. The Bertz CT molecular complexity index is 641. The molecule has 1 unspecified atom stereocenters. The van der Waals surface area contributed by atoms with E-state index in [2.05, 4.69) is 5.32 Å². The van der Waals surface area contributed by atoms with Gasteiger partial charge in [-0.3, -0.25) is 4.79 Å². The van der Waals surface area contributed by atoms with Crippen LogP contribution in [0.15, 0.2) is 18.2 Å². The minimum Gasteiger partial charge on any atom is -0.493 e. The van der Waals surface area contributed by atoms with Crippen LogP contribution in [0.5, 0.6) is 5.75 Å². The summed E-state index contributed by atoms with van der Waals surface area (Å²) in [6.45, 7) is 6.89. The lowest BCUT2D eigenvalue weighted by atomic mass is 9.98. The van der Waals surface area contributed by atoms with Crippen molar-refractivity contribution >= 4 is 17.6 Å². The predicted molar refractivity (Wildman–Crippen MR) is 99.6 cm³/mol. The summed E-state index contributed by atoms with van der Waals surface area (Å²) < 4.78 is 16.3. The number of esters is 1. The van der Waals surface area contributed by atoms with Crippen molar-refractivity contribution in [3.8, 4) is 5.75 Å². The highest BCUT2D eigenvalue weighted by atomic mass is 16.5. The SMILES string of the molecule is CCCOc1ccc(NC(=O)C(C)(OCCC)C2CC2)cc1C(=O)OC. The molecule has 0 saturated heterocycles. The fourth-order valence-electron chi connectivity index (χ4n) is 2.79. The van der Waals surface area contributed by atoms with Gasteiger partial charge in [-0.05, 0) is 56.7 Å². The third-order valence-corrected chi connectivity index (χ3v) is 4.52. The van der Waals surface area contributed by atoms with E-state index in [0.717, 1.165) is 25.7 Å². The Kier molecular flexibility index (Phi) is 7.03. The van der Waals surface area contributed by atoms with Crippen LogP contribution in [-0.4, -0.2) is 37.8 Å². The smallest absolute Gasteiger partial charge is 0.341 e. The molecule has 1 aromatic rings. The molecule has 144 valence electrons. The van der Waals surface area contributed by atoms with Gasteiger partial charge in [-0.25, -0.2) is 4.79 Å². The van der Waals surface area contributed by atoms with E-state index in [1.807, 2.05) is 20.8 Å².